The summed E-state index contributed by atoms with van der Waals surface area (Å²) < 4.78 is 4.23. The lowest BCUT2D eigenvalue weighted by Gasteiger charge is -2.28. The van der Waals surface area contributed by atoms with E-state index in [2.05, 4.69) is 4.74 Å². The first-order valence-corrected chi connectivity index (χ1v) is 5.87. The normalized spacial score (nSPS) is 17.4. The van der Waals surface area contributed by atoms with E-state index < -0.39 is 17.5 Å². The van der Waals surface area contributed by atoms with E-state index in [9.17, 15) is 14.7 Å². The summed E-state index contributed by atoms with van der Waals surface area (Å²) in [5.41, 5.74) is -1.77. The van der Waals surface area contributed by atoms with E-state index in [0.717, 1.165) is 11.8 Å². The fraction of sp³-hybridized carbons (Fsp3) is 0.818. The molecule has 0 heterocycles. The average molecular weight is 248 g/mol. The van der Waals surface area contributed by atoms with Crippen LogP contribution in [0.15, 0.2) is 0 Å². The second-order valence-corrected chi connectivity index (χ2v) is 6.73. The van der Waals surface area contributed by atoms with Gasteiger partial charge in [-0.2, -0.15) is 0 Å². The quantitative estimate of drug-likeness (QED) is 0.769. The van der Waals surface area contributed by atoms with Gasteiger partial charge in [0.05, 0.1) is 13.0 Å². The Morgan fingerprint density at radius 1 is 1.25 bits per heavy atom. The summed E-state index contributed by atoms with van der Waals surface area (Å²) in [7, 11) is 1.19. The van der Waals surface area contributed by atoms with Crippen LogP contribution < -0.4 is 0 Å². The van der Waals surface area contributed by atoms with Crippen LogP contribution in [-0.2, 0) is 14.3 Å². The molecule has 0 aliphatic rings. The van der Waals surface area contributed by atoms with Crippen molar-refractivity contribution in [3.8, 4) is 0 Å². The Morgan fingerprint density at radius 3 is 2.00 bits per heavy atom. The number of carbonyl (C=O) groups is 2. The molecule has 0 fully saturated rings. The Labute approximate surface area is 101 Å². The van der Waals surface area contributed by atoms with Crippen LogP contribution >= 0.6 is 11.8 Å². The molecule has 0 radical (unpaired) electrons. The average Bonchev–Trinajstić information content (AvgIpc) is 2.12. The summed E-state index contributed by atoms with van der Waals surface area (Å²) >= 11 is 1.11. The summed E-state index contributed by atoms with van der Waals surface area (Å²) in [6, 6.07) is 0. The van der Waals surface area contributed by atoms with E-state index in [0.29, 0.717) is 0 Å². The molecular formula is C11H20O4S. The third-order valence-electron chi connectivity index (χ3n) is 2.20. The van der Waals surface area contributed by atoms with Gasteiger partial charge in [-0.1, -0.05) is 39.5 Å². The first-order chi connectivity index (χ1) is 7.02. The number of carbonyl (C=O) groups excluding carboxylic acids is 2. The minimum absolute atomic E-state index is 0.220. The lowest BCUT2D eigenvalue weighted by Crippen LogP contribution is -2.45. The lowest BCUT2D eigenvalue weighted by molar-refractivity contribution is -0.166. The molecule has 0 aromatic carbocycles. The van der Waals surface area contributed by atoms with E-state index in [1.807, 2.05) is 20.8 Å². The molecule has 94 valence electrons. The van der Waals surface area contributed by atoms with Gasteiger partial charge in [-0.05, 0) is 6.92 Å². The van der Waals surface area contributed by atoms with Gasteiger partial charge in [0.15, 0.2) is 10.7 Å². The molecular weight excluding hydrogens is 228 g/mol. The van der Waals surface area contributed by atoms with E-state index in [1.54, 1.807) is 0 Å². The van der Waals surface area contributed by atoms with Crippen molar-refractivity contribution in [1.29, 1.82) is 0 Å². The maximum absolute atomic E-state index is 11.8. The van der Waals surface area contributed by atoms with Crippen molar-refractivity contribution < 1.29 is 19.4 Å². The molecule has 0 aliphatic heterocycles. The molecule has 5 heteroatoms. The molecule has 0 bridgehead atoms. The van der Waals surface area contributed by atoms with Crippen LogP contribution in [0.2, 0.25) is 0 Å². The number of ether oxygens (including phenoxy) is 1. The third kappa shape index (κ3) is 4.14. The Bertz CT molecular complexity index is 278. The highest BCUT2D eigenvalue weighted by atomic mass is 32.2. The molecule has 2 atom stereocenters. The highest BCUT2D eigenvalue weighted by molar-refractivity contribution is 8.14. The van der Waals surface area contributed by atoms with Gasteiger partial charge in [0.1, 0.15) is 0 Å². The zero-order chi connectivity index (χ0) is 13.1. The molecule has 0 spiro atoms. The summed E-state index contributed by atoms with van der Waals surface area (Å²) in [5, 5.41) is 9.69. The largest absolute Gasteiger partial charge is 0.467 e. The number of hydrogen-bond acceptors (Lipinski definition) is 5. The first kappa shape index (κ1) is 15.4. The molecule has 4 nitrogen and oxygen atoms in total. The molecule has 16 heavy (non-hydrogen) atoms. The predicted octanol–water partition coefficient (Wildman–Crippen LogP) is 1.60. The van der Waals surface area contributed by atoms with E-state index in [4.69, 9.17) is 0 Å². The topological polar surface area (TPSA) is 63.6 Å². The van der Waals surface area contributed by atoms with Crippen molar-refractivity contribution >= 4 is 22.8 Å². The van der Waals surface area contributed by atoms with Crippen LogP contribution in [0, 0.1) is 5.92 Å². The van der Waals surface area contributed by atoms with Crippen molar-refractivity contribution in [2.45, 2.75) is 45.0 Å². The van der Waals surface area contributed by atoms with Crippen molar-refractivity contribution in [2.24, 2.45) is 5.92 Å². The monoisotopic (exact) mass is 248 g/mol. The summed E-state index contributed by atoms with van der Waals surface area (Å²) in [6.45, 7) is 8.52. The van der Waals surface area contributed by atoms with Crippen molar-refractivity contribution in [2.75, 3.05) is 7.11 Å². The fourth-order valence-corrected chi connectivity index (χ4v) is 2.01. The van der Waals surface area contributed by atoms with Gasteiger partial charge in [0.2, 0.25) is 0 Å². The van der Waals surface area contributed by atoms with Gasteiger partial charge in [-0.25, -0.2) is 4.79 Å². The Kier molecular flexibility index (Phi) is 5.01. The van der Waals surface area contributed by atoms with Gasteiger partial charge < -0.3 is 9.84 Å². The smallest absolute Gasteiger partial charge is 0.338 e. The number of esters is 1. The SMILES string of the molecule is COC(=O)C(C)(O)C(C)C(=O)SC(C)(C)C. The van der Waals surface area contributed by atoms with Gasteiger partial charge in [-0.15, -0.1) is 0 Å². The van der Waals surface area contributed by atoms with Crippen molar-refractivity contribution in [1.82, 2.24) is 0 Å². The van der Waals surface area contributed by atoms with Crippen LogP contribution in [-0.4, -0.2) is 33.6 Å². The van der Waals surface area contributed by atoms with Crippen molar-refractivity contribution in [3.05, 3.63) is 0 Å². The molecule has 0 amide bonds. The zero-order valence-electron chi connectivity index (χ0n) is 10.7. The fourth-order valence-electron chi connectivity index (χ4n) is 1.00. The minimum Gasteiger partial charge on any atom is -0.467 e. The Morgan fingerprint density at radius 2 is 1.69 bits per heavy atom. The standard InChI is InChI=1S/C11H20O4S/c1-7(8(12)16-10(2,3)4)11(5,14)9(13)15-6/h7,14H,1-6H3. The van der Waals surface area contributed by atoms with Crippen LogP contribution in [0.3, 0.4) is 0 Å². The van der Waals surface area contributed by atoms with Gasteiger partial charge in [0, 0.05) is 4.75 Å². The minimum atomic E-state index is -1.77. The van der Waals surface area contributed by atoms with Gasteiger partial charge in [-0.3, -0.25) is 4.79 Å². The van der Waals surface area contributed by atoms with Gasteiger partial charge in [0.25, 0.3) is 0 Å². The number of aliphatic hydroxyl groups is 1. The highest BCUT2D eigenvalue weighted by Crippen LogP contribution is 2.31. The summed E-state index contributed by atoms with van der Waals surface area (Å²) in [4.78, 5) is 23.1. The van der Waals surface area contributed by atoms with Crippen molar-refractivity contribution in [3.63, 3.8) is 0 Å². The molecule has 0 aromatic heterocycles. The van der Waals surface area contributed by atoms with E-state index in [-0.39, 0.29) is 9.86 Å². The second kappa shape index (κ2) is 5.19. The number of rotatable bonds is 3. The number of hydrogen-bond donors (Lipinski definition) is 1. The predicted molar refractivity (Wildman–Crippen MR) is 64.2 cm³/mol. The second-order valence-electron chi connectivity index (χ2n) is 4.89. The lowest BCUT2D eigenvalue weighted by atomic mass is 9.92. The molecule has 0 aromatic rings. The van der Waals surface area contributed by atoms with E-state index in [1.165, 1.54) is 21.0 Å². The molecule has 0 saturated carbocycles. The molecule has 1 N–H and O–H groups in total. The molecule has 0 saturated heterocycles. The van der Waals surface area contributed by atoms with Crippen LogP contribution in [0.25, 0.3) is 0 Å². The summed E-state index contributed by atoms with van der Waals surface area (Å²) in [5.74, 6) is -1.59. The van der Waals surface area contributed by atoms with Crippen LogP contribution in [0.4, 0.5) is 0 Å². The third-order valence-corrected chi connectivity index (χ3v) is 3.37. The first-order valence-electron chi connectivity index (χ1n) is 5.06. The maximum Gasteiger partial charge on any atom is 0.338 e. The molecule has 2 unspecified atom stereocenters. The van der Waals surface area contributed by atoms with Crippen LogP contribution in [0.1, 0.15) is 34.6 Å². The molecule has 0 rings (SSSR count). The number of methoxy groups -OCH3 is 1. The van der Waals surface area contributed by atoms with Gasteiger partial charge >= 0.3 is 5.97 Å². The Balaban J connectivity index is 4.73. The zero-order valence-corrected chi connectivity index (χ0v) is 11.5. The highest BCUT2D eigenvalue weighted by Gasteiger charge is 2.42. The Hall–Kier alpha value is -0.550. The van der Waals surface area contributed by atoms with Crippen LogP contribution in [0.5, 0.6) is 0 Å². The van der Waals surface area contributed by atoms with E-state index >= 15 is 0 Å². The number of thioether (sulfide) groups is 1. The molecule has 0 aliphatic carbocycles. The maximum atomic E-state index is 11.8. The summed E-state index contributed by atoms with van der Waals surface area (Å²) in [6.07, 6.45) is 0.